The highest BCUT2D eigenvalue weighted by molar-refractivity contribution is 8.00. The lowest BCUT2D eigenvalue weighted by atomic mass is 10.2. The number of para-hydroxylation sites is 1. The number of amides is 2. The number of nitrogens with zero attached hydrogens (tertiary/aromatic N) is 1. The van der Waals surface area contributed by atoms with Crippen LogP contribution in [0.4, 0.5) is 18.9 Å². The van der Waals surface area contributed by atoms with Crippen molar-refractivity contribution in [2.75, 3.05) is 18.9 Å². The lowest BCUT2D eigenvalue weighted by Gasteiger charge is -2.19. The first kappa shape index (κ1) is 18.9. The fourth-order valence-electron chi connectivity index (χ4n) is 2.07. The van der Waals surface area contributed by atoms with E-state index in [2.05, 4.69) is 5.32 Å². The van der Waals surface area contributed by atoms with Crippen LogP contribution in [-0.4, -0.2) is 35.8 Å². The van der Waals surface area contributed by atoms with E-state index < -0.39 is 17.3 Å². The van der Waals surface area contributed by atoms with Gasteiger partial charge < -0.3 is 10.2 Å². The van der Waals surface area contributed by atoms with E-state index >= 15 is 0 Å². The Hall–Kier alpha value is -2.48. The van der Waals surface area contributed by atoms with Gasteiger partial charge >= 0.3 is 5.51 Å². The summed E-state index contributed by atoms with van der Waals surface area (Å²) >= 11 is -0.353. The van der Waals surface area contributed by atoms with Crippen LogP contribution in [0.2, 0.25) is 0 Å². The molecule has 1 N–H and O–H groups in total. The van der Waals surface area contributed by atoms with Crippen molar-refractivity contribution in [3.05, 3.63) is 60.2 Å². The van der Waals surface area contributed by atoms with Gasteiger partial charge in [-0.3, -0.25) is 9.59 Å². The summed E-state index contributed by atoms with van der Waals surface area (Å²) in [6.07, 6.45) is 0. The molecule has 0 aromatic heterocycles. The molecule has 0 spiro atoms. The Bertz CT molecular complexity index is 751. The molecule has 0 aliphatic heterocycles. The minimum atomic E-state index is -4.50. The van der Waals surface area contributed by atoms with Crippen LogP contribution in [0.1, 0.15) is 10.4 Å². The van der Waals surface area contributed by atoms with Crippen LogP contribution >= 0.6 is 11.8 Å². The van der Waals surface area contributed by atoms with Crippen LogP contribution in [0.15, 0.2) is 59.5 Å². The molecule has 0 saturated heterocycles. The average Bonchev–Trinajstić information content (AvgIpc) is 2.54. The Labute approximate surface area is 147 Å². The first-order valence-electron chi connectivity index (χ1n) is 7.21. The molecule has 0 radical (unpaired) electrons. The summed E-state index contributed by atoms with van der Waals surface area (Å²) in [4.78, 5) is 25.3. The lowest BCUT2D eigenvalue weighted by molar-refractivity contribution is -0.116. The van der Waals surface area contributed by atoms with Crippen LogP contribution < -0.4 is 5.32 Å². The number of thioether (sulfide) groups is 1. The van der Waals surface area contributed by atoms with Gasteiger partial charge in [-0.05, 0) is 36.0 Å². The Balaban J connectivity index is 2.06. The number of halogens is 3. The minimum Gasteiger partial charge on any atom is -0.332 e. The first-order chi connectivity index (χ1) is 11.8. The molecular formula is C17H15F3N2O2S. The van der Waals surface area contributed by atoms with Crippen molar-refractivity contribution < 1.29 is 22.8 Å². The van der Waals surface area contributed by atoms with Crippen molar-refractivity contribution in [2.24, 2.45) is 0 Å². The van der Waals surface area contributed by atoms with Crippen LogP contribution in [0.5, 0.6) is 0 Å². The molecule has 0 unspecified atom stereocenters. The zero-order valence-corrected chi connectivity index (χ0v) is 14.0. The van der Waals surface area contributed by atoms with Crippen molar-refractivity contribution in [1.82, 2.24) is 4.90 Å². The summed E-state index contributed by atoms with van der Waals surface area (Å²) in [5.74, 6) is -1.10. The quantitative estimate of drug-likeness (QED) is 0.812. The molecule has 0 bridgehead atoms. The smallest absolute Gasteiger partial charge is 0.332 e. The Kier molecular flexibility index (Phi) is 6.08. The number of carbonyl (C=O) groups is 2. The number of hydrogen-bond donors (Lipinski definition) is 1. The second kappa shape index (κ2) is 8.06. The van der Waals surface area contributed by atoms with Crippen LogP contribution in [0.3, 0.4) is 0 Å². The number of rotatable bonds is 5. The molecule has 2 aromatic carbocycles. The Morgan fingerprint density at radius 2 is 1.64 bits per heavy atom. The molecule has 0 atom stereocenters. The van der Waals surface area contributed by atoms with E-state index in [0.29, 0.717) is 5.69 Å². The van der Waals surface area contributed by atoms with Gasteiger partial charge in [0.05, 0.1) is 12.1 Å². The normalized spacial score (nSPS) is 11.0. The molecule has 0 aliphatic carbocycles. The molecule has 25 heavy (non-hydrogen) atoms. The second-order valence-corrected chi connectivity index (χ2v) is 6.23. The third-order valence-electron chi connectivity index (χ3n) is 3.13. The van der Waals surface area contributed by atoms with E-state index in [0.717, 1.165) is 4.90 Å². The van der Waals surface area contributed by atoms with Gasteiger partial charge in [-0.15, -0.1) is 0 Å². The van der Waals surface area contributed by atoms with Crippen LogP contribution in [0.25, 0.3) is 0 Å². The van der Waals surface area contributed by atoms with E-state index in [1.54, 1.807) is 30.3 Å². The molecule has 0 aliphatic rings. The van der Waals surface area contributed by atoms with Crippen molar-refractivity contribution in [3.63, 3.8) is 0 Å². The fraction of sp³-hybridized carbons (Fsp3) is 0.176. The van der Waals surface area contributed by atoms with Crippen LogP contribution in [-0.2, 0) is 4.79 Å². The second-order valence-electron chi connectivity index (χ2n) is 5.12. The molecular weight excluding hydrogens is 353 g/mol. The molecule has 8 heteroatoms. The number of carbonyl (C=O) groups excluding carboxylic acids is 2. The zero-order valence-electron chi connectivity index (χ0n) is 13.2. The highest BCUT2D eigenvalue weighted by atomic mass is 32.2. The number of hydrogen-bond acceptors (Lipinski definition) is 3. The number of likely N-dealkylation sites (N-methyl/N-ethyl adjacent to an activating group) is 1. The van der Waals surface area contributed by atoms with Gasteiger partial charge in [0.25, 0.3) is 5.91 Å². The molecule has 0 heterocycles. The number of nitrogens with one attached hydrogen (secondary N) is 1. The monoisotopic (exact) mass is 368 g/mol. The summed E-state index contributed by atoms with van der Waals surface area (Å²) in [6.45, 7) is -0.279. The maximum Gasteiger partial charge on any atom is 0.446 e. The fourth-order valence-corrected chi connectivity index (χ4v) is 2.73. The summed E-state index contributed by atoms with van der Waals surface area (Å²) in [6, 6.07) is 14.1. The van der Waals surface area contributed by atoms with Gasteiger partial charge in [-0.25, -0.2) is 0 Å². The zero-order chi connectivity index (χ0) is 18.4. The van der Waals surface area contributed by atoms with Gasteiger partial charge in [0, 0.05) is 17.6 Å². The van der Waals surface area contributed by atoms with Gasteiger partial charge in [0.2, 0.25) is 5.91 Å². The maximum absolute atomic E-state index is 12.6. The first-order valence-corrected chi connectivity index (χ1v) is 8.03. The van der Waals surface area contributed by atoms with Crippen LogP contribution in [0, 0.1) is 0 Å². The third kappa shape index (κ3) is 5.82. The predicted octanol–water partition coefficient (Wildman–Crippen LogP) is 4.01. The van der Waals surface area contributed by atoms with Gasteiger partial charge in [0.15, 0.2) is 0 Å². The largest absolute Gasteiger partial charge is 0.446 e. The van der Waals surface area contributed by atoms with E-state index in [-0.39, 0.29) is 28.8 Å². The highest BCUT2D eigenvalue weighted by Crippen LogP contribution is 2.38. The van der Waals surface area contributed by atoms with Gasteiger partial charge in [0.1, 0.15) is 0 Å². The van der Waals surface area contributed by atoms with Crippen molar-refractivity contribution in [1.29, 1.82) is 0 Å². The summed E-state index contributed by atoms with van der Waals surface area (Å²) in [7, 11) is 1.36. The predicted molar refractivity (Wildman–Crippen MR) is 90.4 cm³/mol. The van der Waals surface area contributed by atoms with Crippen molar-refractivity contribution in [2.45, 2.75) is 10.4 Å². The lowest BCUT2D eigenvalue weighted by Crippen LogP contribution is -2.35. The molecule has 132 valence electrons. The Morgan fingerprint density at radius 1 is 1.04 bits per heavy atom. The molecule has 2 amide bonds. The molecule has 2 rings (SSSR count). The number of benzene rings is 2. The maximum atomic E-state index is 12.6. The average molecular weight is 368 g/mol. The standard InChI is InChI=1S/C17H15F3N2O2S/c1-22(11-15(23)21-12-7-3-2-4-8-12)16(24)13-9-5-6-10-14(13)25-17(18,19)20/h2-10H,11H2,1H3,(H,21,23). The molecule has 4 nitrogen and oxygen atoms in total. The SMILES string of the molecule is CN(CC(=O)Nc1ccccc1)C(=O)c1ccccc1SC(F)(F)F. The molecule has 2 aromatic rings. The topological polar surface area (TPSA) is 49.4 Å². The van der Waals surface area contributed by atoms with E-state index in [1.165, 1.54) is 31.3 Å². The minimum absolute atomic E-state index is 0.0974. The number of anilines is 1. The highest BCUT2D eigenvalue weighted by Gasteiger charge is 2.31. The third-order valence-corrected chi connectivity index (χ3v) is 3.94. The van der Waals surface area contributed by atoms with E-state index in [9.17, 15) is 22.8 Å². The Morgan fingerprint density at radius 3 is 2.28 bits per heavy atom. The summed E-state index contributed by atoms with van der Waals surface area (Å²) in [5.41, 5.74) is -4.03. The van der Waals surface area contributed by atoms with Gasteiger partial charge in [-0.1, -0.05) is 30.3 Å². The van der Waals surface area contributed by atoms with E-state index in [1.807, 2.05) is 0 Å². The van der Waals surface area contributed by atoms with E-state index in [4.69, 9.17) is 0 Å². The molecule has 0 fully saturated rings. The van der Waals surface area contributed by atoms with Gasteiger partial charge in [-0.2, -0.15) is 13.2 Å². The van der Waals surface area contributed by atoms with Crippen molar-refractivity contribution in [3.8, 4) is 0 Å². The summed E-state index contributed by atoms with van der Waals surface area (Å²) < 4.78 is 37.8. The van der Waals surface area contributed by atoms with Crippen molar-refractivity contribution >= 4 is 29.3 Å². The summed E-state index contributed by atoms with van der Waals surface area (Å²) in [5, 5.41) is 2.61. The molecule has 0 saturated carbocycles. The number of alkyl halides is 3.